The summed E-state index contributed by atoms with van der Waals surface area (Å²) >= 11 is 0. The Kier molecular flexibility index (Phi) is 10.8. The van der Waals surface area contributed by atoms with Crippen LogP contribution in [0, 0.1) is 22.7 Å². The Morgan fingerprint density at radius 2 is 0.676 bits per heavy atom. The minimum absolute atomic E-state index is 0.539. The molecular formula is C64H39N7. The number of hydrogen-bond acceptors (Lipinski definition) is 6. The molecule has 12 aromatic rings. The molecule has 3 heterocycles. The van der Waals surface area contributed by atoms with Crippen LogP contribution in [-0.2, 0) is 0 Å². The molecule has 0 aliphatic rings. The number of rotatable bonds is 9. The zero-order valence-corrected chi connectivity index (χ0v) is 38.1. The van der Waals surface area contributed by atoms with E-state index in [4.69, 9.17) is 19.9 Å². The molecule has 0 radical (unpaired) electrons. The van der Waals surface area contributed by atoms with Gasteiger partial charge in [0, 0.05) is 44.2 Å². The van der Waals surface area contributed by atoms with Crippen molar-refractivity contribution in [1.82, 2.24) is 24.5 Å². The largest absolute Gasteiger partial charge is 0.308 e. The van der Waals surface area contributed by atoms with E-state index in [0.29, 0.717) is 22.8 Å². The lowest BCUT2D eigenvalue weighted by Gasteiger charge is -2.17. The molecule has 9 aromatic carbocycles. The van der Waals surface area contributed by atoms with Gasteiger partial charge in [0.2, 0.25) is 0 Å². The fourth-order valence-corrected chi connectivity index (χ4v) is 9.50. The Morgan fingerprint density at radius 1 is 0.296 bits per heavy atom. The first-order valence-electron chi connectivity index (χ1n) is 23.3. The molecule has 0 spiro atoms. The van der Waals surface area contributed by atoms with Gasteiger partial charge in [0.1, 0.15) is 0 Å². The molecule has 330 valence electrons. The van der Waals surface area contributed by atoms with Crippen LogP contribution in [0.15, 0.2) is 237 Å². The van der Waals surface area contributed by atoms with Crippen molar-refractivity contribution in [1.29, 1.82) is 10.5 Å². The Morgan fingerprint density at radius 3 is 1.13 bits per heavy atom. The molecule has 0 atom stereocenters. The molecule has 0 saturated carbocycles. The number of benzene rings is 9. The maximum absolute atomic E-state index is 10.2. The molecule has 0 fully saturated rings. The monoisotopic (exact) mass is 905 g/mol. The molecule has 0 N–H and O–H groups in total. The summed E-state index contributed by atoms with van der Waals surface area (Å²) < 4.78 is 2.29. The van der Waals surface area contributed by atoms with E-state index in [9.17, 15) is 10.5 Å². The van der Waals surface area contributed by atoms with E-state index in [0.717, 1.165) is 106 Å². The standard InChI is InChI=1S/C64H39N7/c65-40-49-25-13-15-27-51(49)46-29-32-60-53(35-46)54-36-47(52-28-16-14-26-50(52)41-66)30-33-61(54)71(60)62-34-31-48(59-39-56(42-17-5-1-6-18-42)67-63(68-59)45-23-11-4-12-24-45)37-55(62)64-69-57(43-19-7-2-8-20-43)38-58(70-64)44-21-9-3-10-22-44/h1-39H. The van der Waals surface area contributed by atoms with Gasteiger partial charge in [-0.25, -0.2) is 19.9 Å². The van der Waals surface area contributed by atoms with Crippen molar-refractivity contribution in [2.45, 2.75) is 0 Å². The molecule has 0 aliphatic carbocycles. The summed E-state index contributed by atoms with van der Waals surface area (Å²) in [7, 11) is 0. The van der Waals surface area contributed by atoms with Crippen LogP contribution < -0.4 is 0 Å². The molecule has 71 heavy (non-hydrogen) atoms. The SMILES string of the molecule is N#Cc1ccccc1-c1ccc2c(c1)c1cc(-c3ccccc3C#N)ccc1n2-c1ccc(-c2cc(-c3ccccc3)nc(-c3ccccc3)n2)cc1-c1nc(-c2ccccc2)cc(-c2ccccc2)n1. The highest BCUT2D eigenvalue weighted by molar-refractivity contribution is 6.12. The van der Waals surface area contributed by atoms with Gasteiger partial charge in [-0.1, -0.05) is 176 Å². The highest BCUT2D eigenvalue weighted by Gasteiger charge is 2.22. The van der Waals surface area contributed by atoms with Gasteiger partial charge in [0.05, 0.1) is 62.8 Å². The van der Waals surface area contributed by atoms with Crippen LogP contribution in [0.5, 0.6) is 0 Å². The van der Waals surface area contributed by atoms with Crippen molar-refractivity contribution in [2.75, 3.05) is 0 Å². The van der Waals surface area contributed by atoms with Gasteiger partial charge in [0.15, 0.2) is 11.6 Å². The summed E-state index contributed by atoms with van der Waals surface area (Å²) in [5.41, 5.74) is 16.1. The van der Waals surface area contributed by atoms with Crippen molar-refractivity contribution in [3.8, 4) is 108 Å². The van der Waals surface area contributed by atoms with Gasteiger partial charge < -0.3 is 4.57 Å². The van der Waals surface area contributed by atoms with E-state index in [2.05, 4.69) is 120 Å². The van der Waals surface area contributed by atoms with Gasteiger partial charge in [-0.15, -0.1) is 0 Å². The lowest BCUT2D eigenvalue weighted by molar-refractivity contribution is 1.13. The van der Waals surface area contributed by atoms with Gasteiger partial charge in [0.25, 0.3) is 0 Å². The van der Waals surface area contributed by atoms with Crippen LogP contribution in [0.1, 0.15) is 11.1 Å². The van der Waals surface area contributed by atoms with Crippen molar-refractivity contribution in [2.24, 2.45) is 0 Å². The topological polar surface area (TPSA) is 104 Å². The first kappa shape index (κ1) is 42.3. The molecule has 0 aliphatic heterocycles. The summed E-state index contributed by atoms with van der Waals surface area (Å²) in [6.45, 7) is 0. The maximum Gasteiger partial charge on any atom is 0.162 e. The molecule has 3 aromatic heterocycles. The third-order valence-corrected chi connectivity index (χ3v) is 12.9. The summed E-state index contributed by atoms with van der Waals surface area (Å²) in [5, 5.41) is 22.4. The minimum Gasteiger partial charge on any atom is -0.308 e. The molecule has 0 bridgehead atoms. The average Bonchev–Trinajstić information content (AvgIpc) is 3.78. The van der Waals surface area contributed by atoms with Crippen LogP contribution in [0.2, 0.25) is 0 Å². The fourth-order valence-electron chi connectivity index (χ4n) is 9.50. The van der Waals surface area contributed by atoms with Crippen LogP contribution in [0.25, 0.3) is 118 Å². The van der Waals surface area contributed by atoms with E-state index >= 15 is 0 Å². The Labute approximate surface area is 410 Å². The quantitative estimate of drug-likeness (QED) is 0.143. The van der Waals surface area contributed by atoms with E-state index in [1.165, 1.54) is 0 Å². The van der Waals surface area contributed by atoms with E-state index in [1.54, 1.807) is 0 Å². The number of nitriles is 2. The summed E-state index contributed by atoms with van der Waals surface area (Å²) in [6.07, 6.45) is 0. The predicted octanol–water partition coefficient (Wildman–Crippen LogP) is 15.4. The lowest BCUT2D eigenvalue weighted by atomic mass is 9.96. The van der Waals surface area contributed by atoms with Gasteiger partial charge in [-0.05, 0) is 82.9 Å². The smallest absolute Gasteiger partial charge is 0.162 e. The fraction of sp³-hybridized carbons (Fsp3) is 0. The summed E-state index contributed by atoms with van der Waals surface area (Å²) in [4.78, 5) is 21.2. The Balaban J connectivity index is 1.16. The van der Waals surface area contributed by atoms with Crippen LogP contribution >= 0.6 is 0 Å². The Bertz CT molecular complexity index is 3830. The maximum atomic E-state index is 10.2. The number of fused-ring (bicyclic) bond motifs is 3. The highest BCUT2D eigenvalue weighted by Crippen LogP contribution is 2.42. The van der Waals surface area contributed by atoms with Crippen LogP contribution in [-0.4, -0.2) is 24.5 Å². The number of aromatic nitrogens is 5. The summed E-state index contributed by atoms with van der Waals surface area (Å²) in [6, 6.07) is 84.2. The number of hydrogen-bond donors (Lipinski definition) is 0. The second kappa shape index (κ2) is 18.2. The highest BCUT2D eigenvalue weighted by atomic mass is 15.0. The second-order valence-electron chi connectivity index (χ2n) is 17.2. The zero-order valence-electron chi connectivity index (χ0n) is 38.1. The van der Waals surface area contributed by atoms with E-state index in [1.807, 2.05) is 133 Å². The molecule has 0 amide bonds. The average molecular weight is 906 g/mol. The second-order valence-corrected chi connectivity index (χ2v) is 17.2. The lowest BCUT2D eigenvalue weighted by Crippen LogP contribution is -2.03. The minimum atomic E-state index is 0.539. The van der Waals surface area contributed by atoms with E-state index < -0.39 is 0 Å². The van der Waals surface area contributed by atoms with Crippen molar-refractivity contribution in [3.63, 3.8) is 0 Å². The predicted molar refractivity (Wildman–Crippen MR) is 285 cm³/mol. The first-order valence-corrected chi connectivity index (χ1v) is 23.3. The first-order chi connectivity index (χ1) is 35.1. The molecule has 7 heteroatoms. The van der Waals surface area contributed by atoms with Crippen molar-refractivity contribution < 1.29 is 0 Å². The molecular weight excluding hydrogens is 867 g/mol. The van der Waals surface area contributed by atoms with Crippen LogP contribution in [0.3, 0.4) is 0 Å². The Hall–Kier alpha value is -10.1. The molecule has 12 rings (SSSR count). The van der Waals surface area contributed by atoms with Crippen molar-refractivity contribution in [3.05, 3.63) is 248 Å². The molecule has 7 nitrogen and oxygen atoms in total. The van der Waals surface area contributed by atoms with E-state index in [-0.39, 0.29) is 0 Å². The van der Waals surface area contributed by atoms with Gasteiger partial charge >= 0.3 is 0 Å². The third kappa shape index (κ3) is 7.96. The molecule has 0 unspecified atom stereocenters. The zero-order chi connectivity index (χ0) is 47.7. The van der Waals surface area contributed by atoms with Gasteiger partial charge in [-0.2, -0.15) is 10.5 Å². The summed E-state index contributed by atoms with van der Waals surface area (Å²) in [5.74, 6) is 1.16. The third-order valence-electron chi connectivity index (χ3n) is 12.9. The normalized spacial score (nSPS) is 11.1. The number of nitrogens with zero attached hydrogens (tertiary/aromatic N) is 7. The van der Waals surface area contributed by atoms with Crippen molar-refractivity contribution >= 4 is 21.8 Å². The molecule has 0 saturated heterocycles. The van der Waals surface area contributed by atoms with Crippen LogP contribution in [0.4, 0.5) is 0 Å². The van der Waals surface area contributed by atoms with Gasteiger partial charge in [-0.3, -0.25) is 0 Å².